The summed E-state index contributed by atoms with van der Waals surface area (Å²) in [5, 5.41) is 0. The quantitative estimate of drug-likeness (QED) is 0.848. The van der Waals surface area contributed by atoms with Crippen molar-refractivity contribution in [2.45, 2.75) is 32.7 Å². The van der Waals surface area contributed by atoms with Gasteiger partial charge in [0.1, 0.15) is 0 Å². The van der Waals surface area contributed by atoms with Gasteiger partial charge in [-0.3, -0.25) is 9.69 Å². The highest BCUT2D eigenvalue weighted by molar-refractivity contribution is 5.33. The fourth-order valence-electron chi connectivity index (χ4n) is 3.02. The summed E-state index contributed by atoms with van der Waals surface area (Å²) in [6.07, 6.45) is -4.53. The molecule has 0 aliphatic carbocycles. The van der Waals surface area contributed by atoms with Gasteiger partial charge in [0.05, 0.1) is 5.56 Å². The van der Waals surface area contributed by atoms with Gasteiger partial charge in [0, 0.05) is 37.9 Å². The molecule has 0 bridgehead atoms. The van der Waals surface area contributed by atoms with Crippen molar-refractivity contribution in [2.24, 2.45) is 7.05 Å². The van der Waals surface area contributed by atoms with Crippen molar-refractivity contribution >= 4 is 0 Å². The van der Waals surface area contributed by atoms with Gasteiger partial charge in [0.2, 0.25) is 0 Å². The molecule has 3 rings (SSSR count). The van der Waals surface area contributed by atoms with Crippen molar-refractivity contribution in [2.75, 3.05) is 0 Å². The minimum atomic E-state index is -4.53. The summed E-state index contributed by atoms with van der Waals surface area (Å²) in [4.78, 5) is 14.2. The summed E-state index contributed by atoms with van der Waals surface area (Å²) in [5.74, 6) is 0. The van der Waals surface area contributed by atoms with Gasteiger partial charge >= 0.3 is 6.18 Å². The summed E-state index contributed by atoms with van der Waals surface area (Å²) in [5.41, 5.74) is 0.923. The molecule has 23 heavy (non-hydrogen) atoms. The number of nitrogens with zero attached hydrogens (tertiary/aromatic N) is 2. The minimum Gasteiger partial charge on any atom is -0.316 e. The van der Waals surface area contributed by atoms with E-state index in [0.717, 1.165) is 17.2 Å². The van der Waals surface area contributed by atoms with Crippen molar-refractivity contribution in [3.8, 4) is 0 Å². The molecule has 0 N–H and O–H groups in total. The Bertz CT molecular complexity index is 783. The van der Waals surface area contributed by atoms with Crippen LogP contribution in [0.25, 0.3) is 0 Å². The Morgan fingerprint density at radius 1 is 1.13 bits per heavy atom. The summed E-state index contributed by atoms with van der Waals surface area (Å²) >= 11 is 0. The molecule has 0 amide bonds. The Morgan fingerprint density at radius 2 is 1.70 bits per heavy atom. The Morgan fingerprint density at radius 3 is 2.22 bits per heavy atom. The maximum Gasteiger partial charge on any atom is 0.416 e. The molecule has 6 heteroatoms. The van der Waals surface area contributed by atoms with Crippen LogP contribution in [0.15, 0.2) is 35.1 Å². The number of rotatable bonds is 2. The standard InChI is InChI=1S/C17H17F3N2O/c1-11-7-15(17(18,19)20)14(16(23)21(11)2)10-22-8-12-5-3-4-6-13(12)9-22/h3-7H,8-10H2,1-2H3. The molecule has 3 nitrogen and oxygen atoms in total. The Labute approximate surface area is 132 Å². The van der Waals surface area contributed by atoms with Crippen LogP contribution in [-0.2, 0) is 32.9 Å². The van der Waals surface area contributed by atoms with Crippen molar-refractivity contribution in [3.05, 3.63) is 68.6 Å². The SMILES string of the molecule is Cc1cc(C(F)(F)F)c(CN2Cc3ccccc3C2)c(=O)n1C. The van der Waals surface area contributed by atoms with E-state index in [4.69, 9.17) is 0 Å². The lowest BCUT2D eigenvalue weighted by Gasteiger charge is -2.20. The molecule has 2 aromatic rings. The highest BCUT2D eigenvalue weighted by Crippen LogP contribution is 2.33. The average molecular weight is 322 g/mol. The number of aryl methyl sites for hydroxylation is 1. The van der Waals surface area contributed by atoms with Gasteiger partial charge in [0.15, 0.2) is 0 Å². The first kappa shape index (κ1) is 15.8. The molecule has 0 saturated heterocycles. The van der Waals surface area contributed by atoms with Gasteiger partial charge in [-0.25, -0.2) is 0 Å². The molecule has 0 radical (unpaired) electrons. The van der Waals surface area contributed by atoms with E-state index in [1.165, 1.54) is 18.5 Å². The molecule has 0 fully saturated rings. The molecule has 122 valence electrons. The second kappa shape index (κ2) is 5.53. The molecule has 1 aliphatic heterocycles. The van der Waals surface area contributed by atoms with Crippen molar-refractivity contribution < 1.29 is 13.2 Å². The van der Waals surface area contributed by atoms with E-state index in [2.05, 4.69) is 0 Å². The molecule has 1 aromatic heterocycles. The number of alkyl halides is 3. The van der Waals surface area contributed by atoms with Crippen LogP contribution in [0.5, 0.6) is 0 Å². The van der Waals surface area contributed by atoms with Crippen LogP contribution >= 0.6 is 0 Å². The maximum absolute atomic E-state index is 13.3. The zero-order valence-corrected chi connectivity index (χ0v) is 12.9. The van der Waals surface area contributed by atoms with E-state index in [-0.39, 0.29) is 12.1 Å². The lowest BCUT2D eigenvalue weighted by Crippen LogP contribution is -2.31. The summed E-state index contributed by atoms with van der Waals surface area (Å²) in [7, 11) is 1.50. The predicted octanol–water partition coefficient (Wildman–Crippen LogP) is 3.23. The van der Waals surface area contributed by atoms with Crippen LogP contribution in [0.1, 0.15) is 27.9 Å². The Hall–Kier alpha value is -2.08. The van der Waals surface area contributed by atoms with Crippen LogP contribution in [0.4, 0.5) is 13.2 Å². The van der Waals surface area contributed by atoms with Crippen molar-refractivity contribution in [3.63, 3.8) is 0 Å². The molecule has 0 unspecified atom stereocenters. The zero-order valence-electron chi connectivity index (χ0n) is 12.9. The summed E-state index contributed by atoms with van der Waals surface area (Å²) in [6.45, 7) is 2.62. The molecule has 1 aliphatic rings. The monoisotopic (exact) mass is 322 g/mol. The third-order valence-corrected chi connectivity index (χ3v) is 4.36. The fourth-order valence-corrected chi connectivity index (χ4v) is 3.02. The lowest BCUT2D eigenvalue weighted by atomic mass is 10.1. The van der Waals surface area contributed by atoms with E-state index in [1.807, 2.05) is 29.2 Å². The largest absolute Gasteiger partial charge is 0.416 e. The van der Waals surface area contributed by atoms with Crippen LogP contribution in [0, 0.1) is 6.92 Å². The molecular weight excluding hydrogens is 305 g/mol. The van der Waals surface area contributed by atoms with E-state index in [0.29, 0.717) is 18.8 Å². The van der Waals surface area contributed by atoms with E-state index < -0.39 is 17.3 Å². The highest BCUT2D eigenvalue weighted by atomic mass is 19.4. The highest BCUT2D eigenvalue weighted by Gasteiger charge is 2.36. The fraction of sp³-hybridized carbons (Fsp3) is 0.353. The number of benzene rings is 1. The van der Waals surface area contributed by atoms with Crippen LogP contribution < -0.4 is 5.56 Å². The number of halogens is 3. The first-order valence-electron chi connectivity index (χ1n) is 7.33. The van der Waals surface area contributed by atoms with Gasteiger partial charge in [-0.15, -0.1) is 0 Å². The van der Waals surface area contributed by atoms with Gasteiger partial charge in [0.25, 0.3) is 5.56 Å². The number of aromatic nitrogens is 1. The minimum absolute atomic E-state index is 0.00350. The van der Waals surface area contributed by atoms with Crippen LogP contribution in [0.2, 0.25) is 0 Å². The van der Waals surface area contributed by atoms with Gasteiger partial charge < -0.3 is 4.57 Å². The van der Waals surface area contributed by atoms with E-state index in [9.17, 15) is 18.0 Å². The first-order valence-corrected chi connectivity index (χ1v) is 7.33. The zero-order chi connectivity index (χ0) is 16.8. The Kier molecular flexibility index (Phi) is 3.80. The second-order valence-corrected chi connectivity index (χ2v) is 5.95. The number of hydrogen-bond donors (Lipinski definition) is 0. The normalized spacial score (nSPS) is 15.0. The van der Waals surface area contributed by atoms with Gasteiger partial charge in [-0.05, 0) is 24.1 Å². The smallest absolute Gasteiger partial charge is 0.316 e. The molecule has 2 heterocycles. The third kappa shape index (κ3) is 2.91. The Balaban J connectivity index is 1.98. The topological polar surface area (TPSA) is 25.2 Å². The van der Waals surface area contributed by atoms with Crippen molar-refractivity contribution in [1.82, 2.24) is 9.47 Å². The molecular formula is C17H17F3N2O. The molecule has 1 aromatic carbocycles. The number of hydrogen-bond acceptors (Lipinski definition) is 2. The van der Waals surface area contributed by atoms with Crippen LogP contribution in [-0.4, -0.2) is 9.47 Å². The van der Waals surface area contributed by atoms with E-state index >= 15 is 0 Å². The van der Waals surface area contributed by atoms with Crippen LogP contribution in [0.3, 0.4) is 0 Å². The predicted molar refractivity (Wildman–Crippen MR) is 80.8 cm³/mol. The summed E-state index contributed by atoms with van der Waals surface area (Å²) < 4.78 is 41.2. The maximum atomic E-state index is 13.3. The lowest BCUT2D eigenvalue weighted by molar-refractivity contribution is -0.138. The number of pyridine rings is 1. The second-order valence-electron chi connectivity index (χ2n) is 5.95. The molecule has 0 atom stereocenters. The van der Waals surface area contributed by atoms with Crippen molar-refractivity contribution in [1.29, 1.82) is 0 Å². The summed E-state index contributed by atoms with van der Waals surface area (Å²) in [6, 6.07) is 8.81. The first-order chi connectivity index (χ1) is 10.8. The van der Waals surface area contributed by atoms with E-state index in [1.54, 1.807) is 0 Å². The molecule has 0 saturated carbocycles. The third-order valence-electron chi connectivity index (χ3n) is 4.36. The number of fused-ring (bicyclic) bond motifs is 1. The van der Waals surface area contributed by atoms with Gasteiger partial charge in [-0.1, -0.05) is 24.3 Å². The average Bonchev–Trinajstić information content (AvgIpc) is 2.89. The van der Waals surface area contributed by atoms with Gasteiger partial charge in [-0.2, -0.15) is 13.2 Å². The molecule has 0 spiro atoms.